The van der Waals surface area contributed by atoms with E-state index in [1.807, 2.05) is 6.92 Å². The van der Waals surface area contributed by atoms with Crippen molar-refractivity contribution < 1.29 is 33.3 Å². The van der Waals surface area contributed by atoms with Gasteiger partial charge in [0.1, 0.15) is 0 Å². The van der Waals surface area contributed by atoms with Gasteiger partial charge in [0.2, 0.25) is 5.91 Å². The molecule has 2 aromatic carbocycles. The molecule has 1 amide bonds. The maximum atomic E-state index is 13.1. The number of non-ortho nitro benzene ring substituents is 1. The molecule has 40 heavy (non-hydrogen) atoms. The Bertz CT molecular complexity index is 1330. The molecule has 3 atom stereocenters. The Kier molecular flexibility index (Phi) is 9.10. The Morgan fingerprint density at radius 2 is 1.68 bits per heavy atom. The van der Waals surface area contributed by atoms with Gasteiger partial charge in [-0.3, -0.25) is 24.5 Å². The van der Waals surface area contributed by atoms with Crippen LogP contribution < -0.4 is 5.32 Å². The second-order valence-corrected chi connectivity index (χ2v) is 16.5. The van der Waals surface area contributed by atoms with E-state index in [0.717, 1.165) is 12.1 Å². The number of carbonyl (C=O) groups is 4. The zero-order chi connectivity index (χ0) is 30.0. The summed E-state index contributed by atoms with van der Waals surface area (Å²) in [5, 5.41) is 13.6. The van der Waals surface area contributed by atoms with Crippen LogP contribution in [0.4, 0.5) is 5.69 Å². The van der Waals surface area contributed by atoms with Crippen LogP contribution in [0.5, 0.6) is 0 Å². The molecule has 0 spiro atoms. The number of nitro benzene ring substituents is 1. The molecule has 214 valence electrons. The van der Waals surface area contributed by atoms with Gasteiger partial charge in [-0.2, -0.15) is 0 Å². The smallest absolute Gasteiger partial charge is 0.345 e. The van der Waals surface area contributed by atoms with Gasteiger partial charge in [0, 0.05) is 24.1 Å². The molecule has 1 saturated heterocycles. The van der Waals surface area contributed by atoms with E-state index in [9.17, 15) is 29.3 Å². The molecule has 2 aromatic rings. The summed E-state index contributed by atoms with van der Waals surface area (Å²) in [5.41, 5.74) is 1.55. The Morgan fingerprint density at radius 1 is 1.07 bits per heavy atom. The maximum Gasteiger partial charge on any atom is 0.345 e. The molecule has 3 rings (SSSR count). The van der Waals surface area contributed by atoms with Crippen LogP contribution in [-0.2, 0) is 25.2 Å². The molecule has 1 N–H and O–H groups in total. The highest BCUT2D eigenvalue weighted by Gasteiger charge is 2.47. The van der Waals surface area contributed by atoms with Crippen LogP contribution in [0.1, 0.15) is 66.0 Å². The topological polar surface area (TPSA) is 142 Å². The minimum Gasteiger partial charge on any atom is -0.413 e. The van der Waals surface area contributed by atoms with E-state index in [4.69, 9.17) is 9.16 Å². The Balaban J connectivity index is 1.59. The number of rotatable bonds is 10. The number of β-lactam (4-membered cyclic amide) rings is 1. The first kappa shape index (κ1) is 30.8. The number of aryl methyl sites for hydroxylation is 1. The number of carbonyl (C=O) groups excluding carboxylic acids is 4. The maximum absolute atomic E-state index is 13.1. The number of ketones is 1. The fourth-order valence-electron chi connectivity index (χ4n) is 4.35. The monoisotopic (exact) mass is 568 g/mol. The summed E-state index contributed by atoms with van der Waals surface area (Å²) >= 11 is 0. The van der Waals surface area contributed by atoms with Crippen LogP contribution in [0, 0.1) is 23.0 Å². The van der Waals surface area contributed by atoms with Gasteiger partial charge in [-0.05, 0) is 61.3 Å². The fourth-order valence-corrected chi connectivity index (χ4v) is 5.78. The van der Waals surface area contributed by atoms with E-state index in [1.165, 1.54) is 12.1 Å². The van der Waals surface area contributed by atoms with Crippen molar-refractivity contribution >= 4 is 37.6 Å². The Morgan fingerprint density at radius 3 is 2.20 bits per heavy atom. The summed E-state index contributed by atoms with van der Waals surface area (Å²) in [5.74, 6) is -2.35. The van der Waals surface area contributed by atoms with Crippen molar-refractivity contribution in [1.29, 1.82) is 0 Å². The van der Waals surface area contributed by atoms with Gasteiger partial charge < -0.3 is 14.5 Å². The molecule has 0 bridgehead atoms. The molecule has 0 saturated carbocycles. The van der Waals surface area contributed by atoms with Gasteiger partial charge in [-0.25, -0.2) is 4.79 Å². The summed E-state index contributed by atoms with van der Waals surface area (Å²) in [6.07, 6.45) is -0.370. The van der Waals surface area contributed by atoms with Crippen LogP contribution in [-0.4, -0.2) is 49.0 Å². The van der Waals surface area contributed by atoms with E-state index in [-0.39, 0.29) is 53.0 Å². The molecule has 1 heterocycles. The Labute approximate surface area is 234 Å². The zero-order valence-electron chi connectivity index (χ0n) is 23.9. The molecule has 1 aliphatic rings. The lowest BCUT2D eigenvalue weighted by Gasteiger charge is -2.45. The molecule has 10 nitrogen and oxygen atoms in total. The average Bonchev–Trinajstić information content (AvgIpc) is 2.83. The lowest BCUT2D eigenvalue weighted by atomic mass is 9.82. The van der Waals surface area contributed by atoms with Crippen molar-refractivity contribution in [3.63, 3.8) is 0 Å². The largest absolute Gasteiger partial charge is 0.413 e. The number of nitrogens with zero attached hydrogens (tertiary/aromatic N) is 1. The number of esters is 2. The van der Waals surface area contributed by atoms with E-state index in [0.29, 0.717) is 16.7 Å². The predicted molar refractivity (Wildman–Crippen MR) is 151 cm³/mol. The molecule has 1 aliphatic heterocycles. The molecule has 0 unspecified atom stereocenters. The number of amides is 1. The number of hydrogen-bond donors (Lipinski definition) is 1. The van der Waals surface area contributed by atoms with Crippen molar-refractivity contribution in [3.05, 3.63) is 74.8 Å². The first-order chi connectivity index (χ1) is 18.5. The second-order valence-electron chi connectivity index (χ2n) is 11.7. The van der Waals surface area contributed by atoms with E-state index >= 15 is 0 Å². The van der Waals surface area contributed by atoms with Crippen LogP contribution in [0.3, 0.4) is 0 Å². The first-order valence-electron chi connectivity index (χ1n) is 13.1. The normalized spacial score (nSPS) is 17.8. The van der Waals surface area contributed by atoms with Crippen molar-refractivity contribution in [2.45, 2.75) is 77.7 Å². The predicted octanol–water partition coefficient (Wildman–Crippen LogP) is 4.93. The summed E-state index contributed by atoms with van der Waals surface area (Å²) < 4.78 is 11.3. The van der Waals surface area contributed by atoms with Gasteiger partial charge in [-0.15, -0.1) is 0 Å². The average molecular weight is 569 g/mol. The molecule has 1 fully saturated rings. The number of Topliss-reactive ketones (excluding diaryl/α,β-unsaturated/α-hetero) is 1. The summed E-state index contributed by atoms with van der Waals surface area (Å²) in [6, 6.07) is 9.35. The van der Waals surface area contributed by atoms with Gasteiger partial charge in [0.25, 0.3) is 5.69 Å². The van der Waals surface area contributed by atoms with Gasteiger partial charge >= 0.3 is 11.9 Å². The number of hydrogen-bond acceptors (Lipinski definition) is 8. The van der Waals surface area contributed by atoms with E-state index in [2.05, 4.69) is 39.2 Å². The summed E-state index contributed by atoms with van der Waals surface area (Å²) in [4.78, 5) is 60.2. The van der Waals surface area contributed by atoms with Crippen LogP contribution >= 0.6 is 0 Å². The lowest BCUT2D eigenvalue weighted by Crippen LogP contribution is -2.64. The van der Waals surface area contributed by atoms with Crippen molar-refractivity contribution in [3.8, 4) is 0 Å². The first-order valence-corrected chi connectivity index (χ1v) is 16.0. The van der Waals surface area contributed by atoms with Crippen molar-refractivity contribution in [2.75, 3.05) is 0 Å². The van der Waals surface area contributed by atoms with Crippen molar-refractivity contribution in [2.24, 2.45) is 5.92 Å². The molecule has 0 aliphatic carbocycles. The number of nitro groups is 1. The highest BCUT2D eigenvalue weighted by atomic mass is 28.4. The summed E-state index contributed by atoms with van der Waals surface area (Å²) in [7, 11) is -2.09. The number of nitrogens with one attached hydrogen (secondary N) is 1. The van der Waals surface area contributed by atoms with Gasteiger partial charge in [-0.1, -0.05) is 32.9 Å². The Hall–Kier alpha value is -3.70. The highest BCUT2D eigenvalue weighted by Crippen LogP contribution is 2.39. The SMILES string of the molecule is Cc1cc(C(=O)C[C@H]2NC(=O)[C@@H]2[C@H](C)O[Si](C)(C)C(C)(C)C)ccc1CC(=O)OC(=O)c1ccc([N+](=O)[O-])cc1. The van der Waals surface area contributed by atoms with Crippen molar-refractivity contribution in [1.82, 2.24) is 5.32 Å². The summed E-state index contributed by atoms with van der Waals surface area (Å²) in [6.45, 7) is 14.3. The molecular weight excluding hydrogens is 532 g/mol. The third-order valence-electron chi connectivity index (χ3n) is 7.78. The number of benzene rings is 2. The second kappa shape index (κ2) is 11.8. The zero-order valence-corrected chi connectivity index (χ0v) is 24.9. The third kappa shape index (κ3) is 7.08. The highest BCUT2D eigenvalue weighted by molar-refractivity contribution is 6.74. The standard InChI is InChI=1S/C29H36N2O8Si/c1-17-14-21(24(32)16-23-26(27(34)30-23)18(2)39-40(6,7)29(3,4)5)9-8-20(17)15-25(33)38-28(35)19-10-12-22(13-11-19)31(36)37/h8-14,18,23,26H,15-16H2,1-7H3,(H,30,34)/t18-,23+,26+/m0/s1. The quantitative estimate of drug-likeness (QED) is 0.0809. The van der Waals surface area contributed by atoms with Gasteiger partial charge in [0.15, 0.2) is 14.1 Å². The molecule has 0 radical (unpaired) electrons. The minimum atomic E-state index is -2.09. The molecular formula is C29H36N2O8Si. The van der Waals surface area contributed by atoms with Crippen LogP contribution in [0.2, 0.25) is 18.1 Å². The lowest BCUT2D eigenvalue weighted by molar-refractivity contribution is -0.384. The third-order valence-corrected chi connectivity index (χ3v) is 12.4. The van der Waals surface area contributed by atoms with E-state index in [1.54, 1.807) is 25.1 Å². The minimum absolute atomic E-state index is 0.00347. The van der Waals surface area contributed by atoms with Crippen LogP contribution in [0.25, 0.3) is 0 Å². The number of ether oxygens (including phenoxy) is 1. The van der Waals surface area contributed by atoms with Crippen LogP contribution in [0.15, 0.2) is 42.5 Å². The fraction of sp³-hybridized carbons (Fsp3) is 0.448. The molecule has 0 aromatic heterocycles. The van der Waals surface area contributed by atoms with E-state index < -0.39 is 31.1 Å². The molecule has 11 heteroatoms. The van der Waals surface area contributed by atoms with Gasteiger partial charge in [0.05, 0.1) is 35.0 Å².